The Labute approximate surface area is 158 Å². The minimum Gasteiger partial charge on any atom is -0.453 e. The van der Waals surface area contributed by atoms with Gasteiger partial charge in [-0.25, -0.2) is 0 Å². The van der Waals surface area contributed by atoms with Crippen molar-refractivity contribution in [1.29, 1.82) is 0 Å². The number of hydrogen-bond acceptors (Lipinski definition) is 3. The summed E-state index contributed by atoms with van der Waals surface area (Å²) in [5.41, 5.74) is 2.84. The predicted molar refractivity (Wildman–Crippen MR) is 108 cm³/mol. The van der Waals surface area contributed by atoms with Crippen LogP contribution in [0, 0.1) is 0 Å². The molecule has 3 nitrogen and oxygen atoms in total. The second-order valence-electron chi connectivity index (χ2n) is 6.81. The molecule has 0 radical (unpaired) electrons. The van der Waals surface area contributed by atoms with Crippen LogP contribution in [0.5, 0.6) is 11.5 Å². The highest BCUT2D eigenvalue weighted by Gasteiger charge is 2.39. The molecule has 1 N–H and O–H groups in total. The van der Waals surface area contributed by atoms with Crippen LogP contribution in [0.3, 0.4) is 0 Å². The first-order valence-corrected chi connectivity index (χ1v) is 9.08. The zero-order valence-electron chi connectivity index (χ0n) is 14.7. The molecule has 3 aromatic carbocycles. The second-order valence-corrected chi connectivity index (χ2v) is 6.81. The van der Waals surface area contributed by atoms with Crippen molar-refractivity contribution in [3.8, 4) is 11.5 Å². The number of benzene rings is 3. The molecule has 1 unspecified atom stereocenters. The van der Waals surface area contributed by atoms with Crippen molar-refractivity contribution in [2.24, 2.45) is 0 Å². The summed E-state index contributed by atoms with van der Waals surface area (Å²) in [5.74, 6) is 1.49. The summed E-state index contributed by atoms with van der Waals surface area (Å²) in [6.07, 6.45) is 6.46. The fourth-order valence-corrected chi connectivity index (χ4v) is 3.75. The average molecular weight is 353 g/mol. The van der Waals surface area contributed by atoms with Crippen LogP contribution in [-0.4, -0.2) is 10.8 Å². The van der Waals surface area contributed by atoms with Gasteiger partial charge in [-0.2, -0.15) is 0 Å². The van der Waals surface area contributed by atoms with E-state index in [0.717, 1.165) is 34.0 Å². The molecule has 3 heteroatoms. The number of nitrogens with zero attached hydrogens (tertiary/aromatic N) is 1. The molecule has 1 heterocycles. The molecular weight excluding hydrogens is 334 g/mol. The summed E-state index contributed by atoms with van der Waals surface area (Å²) in [7, 11) is 0. The Kier molecular flexibility index (Phi) is 3.62. The summed E-state index contributed by atoms with van der Waals surface area (Å²) in [6.45, 7) is 0. The van der Waals surface area contributed by atoms with Gasteiger partial charge in [0.05, 0.1) is 11.4 Å². The molecule has 5 rings (SSSR count). The summed E-state index contributed by atoms with van der Waals surface area (Å²) in [6, 6.07) is 25.9. The molecule has 0 spiro atoms. The lowest BCUT2D eigenvalue weighted by Gasteiger charge is -2.43. The SMILES string of the molecule is OC1(N2c3ccccc3Oc3ccccc32)C=CC(c2ccccc2)=CC1. The zero-order chi connectivity index (χ0) is 18.3. The highest BCUT2D eigenvalue weighted by atomic mass is 16.5. The lowest BCUT2D eigenvalue weighted by Crippen LogP contribution is -2.46. The number of rotatable bonds is 2. The molecule has 0 fully saturated rings. The van der Waals surface area contributed by atoms with E-state index in [9.17, 15) is 5.11 Å². The Balaban J connectivity index is 1.57. The van der Waals surface area contributed by atoms with E-state index in [1.54, 1.807) is 0 Å². The van der Waals surface area contributed by atoms with E-state index < -0.39 is 5.72 Å². The van der Waals surface area contributed by atoms with Gasteiger partial charge in [-0.05, 0) is 41.5 Å². The van der Waals surface area contributed by atoms with Crippen molar-refractivity contribution in [2.45, 2.75) is 12.1 Å². The van der Waals surface area contributed by atoms with Crippen LogP contribution in [0.1, 0.15) is 12.0 Å². The summed E-state index contributed by atoms with van der Waals surface area (Å²) >= 11 is 0. The molecular formula is C24H19NO2. The third kappa shape index (κ3) is 2.64. The van der Waals surface area contributed by atoms with Crippen LogP contribution >= 0.6 is 0 Å². The van der Waals surface area contributed by atoms with Gasteiger partial charge in [0.15, 0.2) is 17.2 Å². The fourth-order valence-electron chi connectivity index (χ4n) is 3.75. The van der Waals surface area contributed by atoms with Crippen LogP contribution < -0.4 is 9.64 Å². The smallest absolute Gasteiger partial charge is 0.165 e. The van der Waals surface area contributed by atoms with Crippen molar-refractivity contribution in [2.75, 3.05) is 4.90 Å². The molecule has 132 valence electrons. The zero-order valence-corrected chi connectivity index (χ0v) is 14.7. The number of aliphatic hydroxyl groups is 1. The maximum atomic E-state index is 11.6. The Morgan fingerprint density at radius 2 is 1.37 bits per heavy atom. The van der Waals surface area contributed by atoms with Crippen molar-refractivity contribution >= 4 is 16.9 Å². The maximum Gasteiger partial charge on any atom is 0.165 e. The highest BCUT2D eigenvalue weighted by Crippen LogP contribution is 2.50. The Morgan fingerprint density at radius 1 is 0.778 bits per heavy atom. The number of hydrogen-bond donors (Lipinski definition) is 1. The number of fused-ring (bicyclic) bond motifs is 2. The van der Waals surface area contributed by atoms with Crippen molar-refractivity contribution in [3.05, 3.63) is 103 Å². The molecule has 0 saturated heterocycles. The maximum absolute atomic E-state index is 11.6. The van der Waals surface area contributed by atoms with Crippen LogP contribution in [0.4, 0.5) is 11.4 Å². The van der Waals surface area contributed by atoms with Gasteiger partial charge in [0.25, 0.3) is 0 Å². The first kappa shape index (κ1) is 15.9. The van der Waals surface area contributed by atoms with Gasteiger partial charge >= 0.3 is 0 Å². The molecule has 1 aliphatic carbocycles. The first-order valence-electron chi connectivity index (χ1n) is 9.08. The number of ether oxygens (including phenoxy) is 1. The molecule has 0 aromatic heterocycles. The molecule has 0 bridgehead atoms. The van der Waals surface area contributed by atoms with Gasteiger partial charge in [-0.3, -0.25) is 0 Å². The van der Waals surface area contributed by atoms with Crippen LogP contribution in [-0.2, 0) is 0 Å². The molecule has 0 amide bonds. The largest absolute Gasteiger partial charge is 0.453 e. The minimum absolute atomic E-state index is 0.483. The normalized spacial score (nSPS) is 20.3. The van der Waals surface area contributed by atoms with E-state index in [1.165, 1.54) is 0 Å². The summed E-state index contributed by atoms with van der Waals surface area (Å²) < 4.78 is 6.04. The van der Waals surface area contributed by atoms with Crippen LogP contribution in [0.25, 0.3) is 5.57 Å². The number of para-hydroxylation sites is 4. The van der Waals surface area contributed by atoms with Gasteiger partial charge in [0.1, 0.15) is 0 Å². The molecule has 1 aliphatic heterocycles. The predicted octanol–water partition coefficient (Wildman–Crippen LogP) is 5.66. The summed E-state index contributed by atoms with van der Waals surface area (Å²) in [5, 5.41) is 11.6. The van der Waals surface area contributed by atoms with E-state index in [1.807, 2.05) is 83.8 Å². The van der Waals surface area contributed by atoms with Crippen molar-refractivity contribution < 1.29 is 9.84 Å². The Morgan fingerprint density at radius 3 is 1.96 bits per heavy atom. The van der Waals surface area contributed by atoms with Crippen LogP contribution in [0.2, 0.25) is 0 Å². The van der Waals surface area contributed by atoms with E-state index in [-0.39, 0.29) is 0 Å². The fraction of sp³-hybridized carbons (Fsp3) is 0.0833. The number of allylic oxidation sites excluding steroid dienone is 2. The monoisotopic (exact) mass is 353 g/mol. The van der Waals surface area contributed by atoms with Gasteiger partial charge in [0.2, 0.25) is 0 Å². The number of anilines is 2. The molecule has 27 heavy (non-hydrogen) atoms. The van der Waals surface area contributed by atoms with E-state index in [2.05, 4.69) is 18.2 Å². The van der Waals surface area contributed by atoms with Gasteiger partial charge in [-0.1, -0.05) is 66.7 Å². The van der Waals surface area contributed by atoms with Gasteiger partial charge < -0.3 is 14.7 Å². The van der Waals surface area contributed by atoms with E-state index >= 15 is 0 Å². The van der Waals surface area contributed by atoms with Crippen LogP contribution in [0.15, 0.2) is 97.1 Å². The molecule has 0 saturated carbocycles. The van der Waals surface area contributed by atoms with Crippen molar-refractivity contribution in [1.82, 2.24) is 0 Å². The lowest BCUT2D eigenvalue weighted by atomic mass is 9.92. The first-order chi connectivity index (χ1) is 13.2. The highest BCUT2D eigenvalue weighted by molar-refractivity contribution is 5.82. The van der Waals surface area contributed by atoms with Gasteiger partial charge in [-0.15, -0.1) is 0 Å². The molecule has 3 aromatic rings. The van der Waals surface area contributed by atoms with E-state index in [4.69, 9.17) is 4.74 Å². The standard InChI is InChI=1S/C24H19NO2/c26-24(16-14-19(15-17-24)18-8-2-1-3-9-18)25-20-10-4-6-12-22(20)27-23-13-7-5-11-21(23)25/h1-16,26H,17H2. The molecule has 1 atom stereocenters. The second kappa shape index (κ2) is 6.15. The minimum atomic E-state index is -1.16. The van der Waals surface area contributed by atoms with Gasteiger partial charge in [0, 0.05) is 6.42 Å². The quantitative estimate of drug-likeness (QED) is 0.645. The van der Waals surface area contributed by atoms with Crippen molar-refractivity contribution in [3.63, 3.8) is 0 Å². The Bertz CT molecular complexity index is 1010. The average Bonchev–Trinajstić information content (AvgIpc) is 2.73. The lowest BCUT2D eigenvalue weighted by molar-refractivity contribution is 0.0983. The molecule has 2 aliphatic rings. The summed E-state index contributed by atoms with van der Waals surface area (Å²) in [4.78, 5) is 1.97. The van der Waals surface area contributed by atoms with E-state index in [0.29, 0.717) is 6.42 Å². The topological polar surface area (TPSA) is 32.7 Å². The Hall–Kier alpha value is -3.30. The third-order valence-corrected chi connectivity index (χ3v) is 5.08. The third-order valence-electron chi connectivity index (χ3n) is 5.08.